The van der Waals surface area contributed by atoms with Crippen LogP contribution in [0.15, 0.2) is 58.4 Å². The Hall–Kier alpha value is -2.90. The van der Waals surface area contributed by atoms with Gasteiger partial charge in [0, 0.05) is 16.5 Å². The maximum atomic E-state index is 13.0. The van der Waals surface area contributed by atoms with E-state index in [9.17, 15) is 9.59 Å². The highest BCUT2D eigenvalue weighted by molar-refractivity contribution is 6.30. The van der Waals surface area contributed by atoms with Gasteiger partial charge in [0.2, 0.25) is 5.95 Å². The Morgan fingerprint density at radius 2 is 1.70 bits per heavy atom. The van der Waals surface area contributed by atoms with Crippen LogP contribution < -0.4 is 10.7 Å². The summed E-state index contributed by atoms with van der Waals surface area (Å²) in [4.78, 5) is 24.2. The van der Waals surface area contributed by atoms with E-state index in [0.29, 0.717) is 35.2 Å². The average Bonchev–Trinajstić information content (AvgIpc) is 3.35. The maximum Gasteiger partial charge on any atom is 0.348 e. The number of halogens is 2. The van der Waals surface area contributed by atoms with Crippen LogP contribution in [0, 0.1) is 0 Å². The van der Waals surface area contributed by atoms with Gasteiger partial charge in [-0.2, -0.15) is 5.10 Å². The van der Waals surface area contributed by atoms with E-state index in [0.717, 1.165) is 16.8 Å². The first kappa shape index (κ1) is 20.4. The molecule has 3 aromatic rings. The van der Waals surface area contributed by atoms with Gasteiger partial charge in [0.15, 0.2) is 0 Å². The van der Waals surface area contributed by atoms with Gasteiger partial charge in [-0.15, -0.1) is 5.10 Å². The van der Waals surface area contributed by atoms with Crippen LogP contribution in [0.5, 0.6) is 0 Å². The van der Waals surface area contributed by atoms with Crippen molar-refractivity contribution in [2.24, 2.45) is 5.10 Å². The second kappa shape index (κ2) is 8.45. The number of aromatic nitrogens is 3. The Labute approximate surface area is 183 Å². The zero-order chi connectivity index (χ0) is 21.3. The van der Waals surface area contributed by atoms with Crippen molar-refractivity contribution in [3.05, 3.63) is 80.2 Å². The number of hydrogen-bond donors (Lipinski definition) is 0. The summed E-state index contributed by atoms with van der Waals surface area (Å²) in [6.07, 6.45) is 1.38. The van der Waals surface area contributed by atoms with Gasteiger partial charge in [-0.1, -0.05) is 47.5 Å². The van der Waals surface area contributed by atoms with Crippen molar-refractivity contribution in [1.29, 1.82) is 0 Å². The Kier molecular flexibility index (Phi) is 5.74. The normalized spacial score (nSPS) is 14.6. The molecule has 2 heterocycles. The van der Waals surface area contributed by atoms with Crippen LogP contribution in [0.4, 0.5) is 5.95 Å². The van der Waals surface area contributed by atoms with E-state index in [2.05, 4.69) is 10.2 Å². The quantitative estimate of drug-likeness (QED) is 0.543. The SMILES string of the molecule is CC(c1ccc(Cl)cc1)n1nc(N2CCC(c3ccc(Cl)cc3)=N2)n(CC=O)c1=O. The number of carbonyl (C=O) groups excluding carboxylic acids is 1. The van der Waals surface area contributed by atoms with Gasteiger partial charge in [-0.3, -0.25) is 4.57 Å². The summed E-state index contributed by atoms with van der Waals surface area (Å²) in [7, 11) is 0. The third kappa shape index (κ3) is 3.91. The monoisotopic (exact) mass is 443 g/mol. The Bertz CT molecular complexity index is 1150. The molecule has 154 valence electrons. The molecule has 0 bridgehead atoms. The van der Waals surface area contributed by atoms with E-state index in [-0.39, 0.29) is 18.3 Å². The fourth-order valence-corrected chi connectivity index (χ4v) is 3.66. The zero-order valence-electron chi connectivity index (χ0n) is 16.2. The summed E-state index contributed by atoms with van der Waals surface area (Å²) < 4.78 is 2.71. The number of hydrogen-bond acceptors (Lipinski definition) is 5. The summed E-state index contributed by atoms with van der Waals surface area (Å²) in [6, 6.07) is 14.4. The van der Waals surface area contributed by atoms with E-state index in [1.807, 2.05) is 43.3 Å². The summed E-state index contributed by atoms with van der Waals surface area (Å²) in [5, 5.41) is 12.1. The van der Waals surface area contributed by atoms with Crippen molar-refractivity contribution in [2.75, 3.05) is 11.6 Å². The van der Waals surface area contributed by atoms with E-state index in [1.165, 1.54) is 9.25 Å². The van der Waals surface area contributed by atoms with Gasteiger partial charge in [0.25, 0.3) is 0 Å². The predicted molar refractivity (Wildman–Crippen MR) is 118 cm³/mol. The first-order valence-corrected chi connectivity index (χ1v) is 10.2. The maximum absolute atomic E-state index is 13.0. The number of carbonyl (C=O) groups is 1. The second-order valence-electron chi connectivity index (χ2n) is 6.96. The lowest BCUT2D eigenvalue weighted by atomic mass is 10.1. The highest BCUT2D eigenvalue weighted by Crippen LogP contribution is 2.23. The molecule has 7 nitrogen and oxygen atoms in total. The van der Waals surface area contributed by atoms with Gasteiger partial charge in [-0.05, 0) is 42.3 Å². The molecule has 0 fully saturated rings. The molecule has 0 aliphatic carbocycles. The van der Waals surface area contributed by atoms with Crippen LogP contribution in [-0.2, 0) is 11.3 Å². The molecule has 4 rings (SSSR count). The summed E-state index contributed by atoms with van der Waals surface area (Å²) >= 11 is 11.9. The molecular weight excluding hydrogens is 425 g/mol. The van der Waals surface area contributed by atoms with E-state index >= 15 is 0 Å². The van der Waals surface area contributed by atoms with Crippen LogP contribution >= 0.6 is 23.2 Å². The minimum Gasteiger partial charge on any atom is -0.301 e. The van der Waals surface area contributed by atoms with Crippen molar-refractivity contribution in [3.8, 4) is 0 Å². The molecule has 0 spiro atoms. The highest BCUT2D eigenvalue weighted by Gasteiger charge is 2.26. The lowest BCUT2D eigenvalue weighted by molar-refractivity contribution is -0.108. The van der Waals surface area contributed by atoms with Gasteiger partial charge in [0.05, 0.1) is 24.8 Å². The second-order valence-corrected chi connectivity index (χ2v) is 7.83. The van der Waals surface area contributed by atoms with Crippen LogP contribution in [0.25, 0.3) is 0 Å². The van der Waals surface area contributed by atoms with Crippen LogP contribution in [-0.4, -0.2) is 32.9 Å². The van der Waals surface area contributed by atoms with Gasteiger partial charge in [-0.25, -0.2) is 14.5 Å². The molecule has 1 unspecified atom stereocenters. The fourth-order valence-electron chi connectivity index (χ4n) is 3.41. The van der Waals surface area contributed by atoms with Crippen molar-refractivity contribution in [1.82, 2.24) is 14.3 Å². The smallest absolute Gasteiger partial charge is 0.301 e. The lowest BCUT2D eigenvalue weighted by Crippen LogP contribution is -2.29. The van der Waals surface area contributed by atoms with E-state index in [4.69, 9.17) is 23.2 Å². The molecule has 2 aromatic carbocycles. The summed E-state index contributed by atoms with van der Waals surface area (Å²) in [5.74, 6) is 0.344. The van der Waals surface area contributed by atoms with Crippen LogP contribution in [0.3, 0.4) is 0 Å². The minimum atomic E-state index is -0.366. The predicted octanol–water partition coefficient (Wildman–Crippen LogP) is 3.77. The van der Waals surface area contributed by atoms with Crippen LogP contribution in [0.1, 0.15) is 30.5 Å². The molecule has 0 saturated carbocycles. The molecule has 1 aromatic heterocycles. The molecule has 30 heavy (non-hydrogen) atoms. The third-order valence-electron chi connectivity index (χ3n) is 5.05. The number of nitrogens with zero attached hydrogens (tertiary/aromatic N) is 5. The lowest BCUT2D eigenvalue weighted by Gasteiger charge is -2.12. The van der Waals surface area contributed by atoms with Crippen molar-refractivity contribution in [2.45, 2.75) is 25.9 Å². The topological polar surface area (TPSA) is 72.5 Å². The summed E-state index contributed by atoms with van der Waals surface area (Å²) in [6.45, 7) is 2.34. The standard InChI is InChI=1S/C21H19Cl2N5O2/c1-14(15-2-6-17(22)7-3-15)28-21(30)26(12-13-29)20(25-28)27-11-10-19(24-27)16-4-8-18(23)9-5-16/h2-9,13-14H,10-12H2,1H3. The van der Waals surface area contributed by atoms with E-state index < -0.39 is 0 Å². The van der Waals surface area contributed by atoms with Gasteiger partial charge >= 0.3 is 5.69 Å². The molecule has 0 amide bonds. The van der Waals surface area contributed by atoms with Crippen molar-refractivity contribution < 1.29 is 4.79 Å². The molecule has 0 saturated heterocycles. The highest BCUT2D eigenvalue weighted by atomic mass is 35.5. The van der Waals surface area contributed by atoms with Gasteiger partial charge in [0.1, 0.15) is 6.29 Å². The Morgan fingerprint density at radius 1 is 1.07 bits per heavy atom. The molecule has 1 atom stereocenters. The average molecular weight is 444 g/mol. The molecule has 1 aliphatic heterocycles. The first-order chi connectivity index (χ1) is 14.5. The number of hydrazone groups is 1. The van der Waals surface area contributed by atoms with Crippen molar-refractivity contribution in [3.63, 3.8) is 0 Å². The molecular formula is C21H19Cl2N5O2. The van der Waals surface area contributed by atoms with Crippen LogP contribution in [0.2, 0.25) is 10.0 Å². The number of benzene rings is 2. The number of aldehydes is 1. The zero-order valence-corrected chi connectivity index (χ0v) is 17.7. The minimum absolute atomic E-state index is 0.0934. The first-order valence-electron chi connectivity index (χ1n) is 9.47. The molecule has 9 heteroatoms. The molecule has 0 radical (unpaired) electrons. The van der Waals surface area contributed by atoms with E-state index in [1.54, 1.807) is 17.1 Å². The largest absolute Gasteiger partial charge is 0.348 e. The molecule has 1 aliphatic rings. The summed E-state index contributed by atoms with van der Waals surface area (Å²) in [5.41, 5.74) is 2.35. The third-order valence-corrected chi connectivity index (χ3v) is 5.56. The Morgan fingerprint density at radius 3 is 2.33 bits per heavy atom. The van der Waals surface area contributed by atoms with Gasteiger partial charge < -0.3 is 4.79 Å². The number of rotatable bonds is 6. The fraction of sp³-hybridized carbons (Fsp3) is 0.238. The Balaban J connectivity index is 1.70. The number of anilines is 1. The molecule has 0 N–H and O–H groups in total. The van der Waals surface area contributed by atoms with Crippen molar-refractivity contribution >= 4 is 41.1 Å².